The lowest BCUT2D eigenvalue weighted by molar-refractivity contribution is 0.102. The van der Waals surface area contributed by atoms with Crippen LogP contribution in [-0.2, 0) is 0 Å². The third-order valence-corrected chi connectivity index (χ3v) is 6.47. The predicted octanol–water partition coefficient (Wildman–Crippen LogP) is 6.45. The minimum absolute atomic E-state index is 0.105. The Bertz CT molecular complexity index is 856. The molecule has 0 aliphatic carbocycles. The minimum Gasteiger partial charge on any atom is -0.493 e. The van der Waals surface area contributed by atoms with Gasteiger partial charge in [0, 0.05) is 36.1 Å². The van der Waals surface area contributed by atoms with Crippen molar-refractivity contribution in [3.05, 3.63) is 54.1 Å². The summed E-state index contributed by atoms with van der Waals surface area (Å²) in [4.78, 5) is 17.8. The summed E-state index contributed by atoms with van der Waals surface area (Å²) in [6, 6.07) is 16.2. The van der Waals surface area contributed by atoms with Crippen molar-refractivity contribution >= 4 is 17.3 Å². The largest absolute Gasteiger partial charge is 0.493 e. The molecule has 0 radical (unpaired) electrons. The number of nitrogens with one attached hydrogen (secondary N) is 1. The normalized spacial score (nSPS) is 15.8. The number of anilines is 2. The molecule has 1 heterocycles. The molecule has 1 unspecified atom stereocenters. The molecule has 2 aromatic carbocycles. The number of carbonyl (C=O) groups is 1. The van der Waals surface area contributed by atoms with Gasteiger partial charge in [0.1, 0.15) is 5.75 Å². The first-order valence-corrected chi connectivity index (χ1v) is 13.1. The first-order valence-electron chi connectivity index (χ1n) is 13.1. The molecule has 186 valence electrons. The van der Waals surface area contributed by atoms with Crippen molar-refractivity contribution in [2.45, 2.75) is 65.8 Å². The summed E-state index contributed by atoms with van der Waals surface area (Å²) in [5.41, 5.74) is 2.68. The number of amides is 1. The van der Waals surface area contributed by atoms with E-state index < -0.39 is 0 Å². The number of ether oxygens (including phenoxy) is 1. The third-order valence-electron chi connectivity index (χ3n) is 6.47. The van der Waals surface area contributed by atoms with Gasteiger partial charge in [-0.1, -0.05) is 40.5 Å². The number of benzene rings is 2. The van der Waals surface area contributed by atoms with Crippen LogP contribution in [0.5, 0.6) is 5.75 Å². The summed E-state index contributed by atoms with van der Waals surface area (Å²) in [7, 11) is 0. The summed E-state index contributed by atoms with van der Waals surface area (Å²) in [6.45, 7) is 14.1. The highest BCUT2D eigenvalue weighted by atomic mass is 16.5. The van der Waals surface area contributed by atoms with Gasteiger partial charge in [-0.15, -0.1) is 0 Å². The third kappa shape index (κ3) is 7.76. The van der Waals surface area contributed by atoms with Gasteiger partial charge in [0.25, 0.3) is 5.91 Å². The fraction of sp³-hybridized carbons (Fsp3) is 0.552. The maximum Gasteiger partial charge on any atom is 0.255 e. The molecule has 3 rings (SSSR count). The number of hydrogen-bond acceptors (Lipinski definition) is 4. The van der Waals surface area contributed by atoms with E-state index in [4.69, 9.17) is 4.74 Å². The molecule has 1 atom stereocenters. The maximum absolute atomic E-state index is 12.7. The van der Waals surface area contributed by atoms with Crippen LogP contribution < -0.4 is 15.0 Å². The lowest BCUT2D eigenvalue weighted by Crippen LogP contribution is -2.39. The summed E-state index contributed by atoms with van der Waals surface area (Å²) in [5.74, 6) is 1.16. The second-order valence-corrected chi connectivity index (χ2v) is 9.86. The van der Waals surface area contributed by atoms with Crippen LogP contribution in [0.3, 0.4) is 0 Å². The van der Waals surface area contributed by atoms with E-state index >= 15 is 0 Å². The Labute approximate surface area is 206 Å². The highest BCUT2D eigenvalue weighted by Gasteiger charge is 2.27. The molecule has 0 saturated carbocycles. The van der Waals surface area contributed by atoms with Crippen LogP contribution in [0.4, 0.5) is 11.4 Å². The Balaban J connectivity index is 1.53. The van der Waals surface area contributed by atoms with Crippen molar-refractivity contribution in [3.8, 4) is 5.75 Å². The van der Waals surface area contributed by atoms with Crippen LogP contribution in [-0.4, -0.2) is 49.6 Å². The molecular formula is C29H43N3O2. The zero-order chi connectivity index (χ0) is 24.3. The van der Waals surface area contributed by atoms with Crippen LogP contribution >= 0.6 is 0 Å². The molecule has 1 aliphatic heterocycles. The molecule has 0 aromatic heterocycles. The van der Waals surface area contributed by atoms with E-state index in [0.29, 0.717) is 24.1 Å². The van der Waals surface area contributed by atoms with Crippen molar-refractivity contribution < 1.29 is 9.53 Å². The quantitative estimate of drug-likeness (QED) is 0.369. The second-order valence-electron chi connectivity index (χ2n) is 9.86. The summed E-state index contributed by atoms with van der Waals surface area (Å²) < 4.78 is 5.70. The van der Waals surface area contributed by atoms with Crippen LogP contribution in [0.2, 0.25) is 0 Å². The van der Waals surface area contributed by atoms with E-state index in [-0.39, 0.29) is 5.91 Å². The lowest BCUT2D eigenvalue weighted by atomic mass is 10.1. The van der Waals surface area contributed by atoms with Crippen LogP contribution in [0.25, 0.3) is 0 Å². The number of hydrogen-bond donors (Lipinski definition) is 1. The molecule has 0 spiro atoms. The molecule has 5 nitrogen and oxygen atoms in total. The zero-order valence-corrected chi connectivity index (χ0v) is 21.6. The summed E-state index contributed by atoms with van der Waals surface area (Å²) >= 11 is 0. The number of carbonyl (C=O) groups excluding carboxylic acids is 1. The van der Waals surface area contributed by atoms with E-state index in [1.807, 2.05) is 36.4 Å². The molecule has 5 heteroatoms. The van der Waals surface area contributed by atoms with Crippen molar-refractivity contribution in [3.63, 3.8) is 0 Å². The molecule has 1 aliphatic rings. The van der Waals surface area contributed by atoms with E-state index in [0.717, 1.165) is 24.5 Å². The summed E-state index contributed by atoms with van der Waals surface area (Å²) in [6.07, 6.45) is 6.29. The molecule has 1 saturated heterocycles. The summed E-state index contributed by atoms with van der Waals surface area (Å²) in [5, 5.41) is 3.01. The van der Waals surface area contributed by atoms with Gasteiger partial charge in [-0.3, -0.25) is 9.69 Å². The fourth-order valence-electron chi connectivity index (χ4n) is 4.40. The minimum atomic E-state index is -0.105. The standard InChI is InChI=1S/C29H43N3O2/c1-5-7-18-31(19-8-6-2)27-17-20-32(21-27)26-13-11-25(12-14-26)30-29(33)24-9-15-28(16-10-24)34-22-23(3)4/h9-16,23,27H,5-8,17-22H2,1-4H3,(H,30,33). The first kappa shape index (κ1) is 26.1. The first-order chi connectivity index (χ1) is 16.5. The molecule has 0 bridgehead atoms. The van der Waals surface area contributed by atoms with Crippen LogP contribution in [0.15, 0.2) is 48.5 Å². The maximum atomic E-state index is 12.7. The molecule has 2 aromatic rings. The number of rotatable bonds is 13. The number of unbranched alkanes of at least 4 members (excludes halogenated alkanes) is 2. The van der Waals surface area contributed by atoms with Crippen LogP contribution in [0.1, 0.15) is 70.2 Å². The number of nitrogens with zero attached hydrogens (tertiary/aromatic N) is 2. The predicted molar refractivity (Wildman–Crippen MR) is 143 cm³/mol. The van der Waals surface area contributed by atoms with Gasteiger partial charge in [0.15, 0.2) is 0 Å². The van der Waals surface area contributed by atoms with Gasteiger partial charge in [0.05, 0.1) is 6.61 Å². The Morgan fingerprint density at radius 1 is 1.03 bits per heavy atom. The van der Waals surface area contributed by atoms with Gasteiger partial charge in [-0.2, -0.15) is 0 Å². The molecule has 1 N–H and O–H groups in total. The van der Waals surface area contributed by atoms with Gasteiger partial charge in [-0.25, -0.2) is 0 Å². The van der Waals surface area contributed by atoms with Gasteiger partial charge in [0.2, 0.25) is 0 Å². The monoisotopic (exact) mass is 465 g/mol. The van der Waals surface area contributed by atoms with E-state index in [2.05, 4.69) is 54.9 Å². The molecule has 1 amide bonds. The van der Waals surface area contributed by atoms with Crippen molar-refractivity contribution in [2.24, 2.45) is 5.92 Å². The highest BCUT2D eigenvalue weighted by molar-refractivity contribution is 6.04. The zero-order valence-electron chi connectivity index (χ0n) is 21.6. The molecular weight excluding hydrogens is 422 g/mol. The average molecular weight is 466 g/mol. The topological polar surface area (TPSA) is 44.8 Å². The Kier molecular flexibility index (Phi) is 10.3. The Morgan fingerprint density at radius 3 is 2.26 bits per heavy atom. The SMILES string of the molecule is CCCCN(CCCC)C1CCN(c2ccc(NC(=O)c3ccc(OCC(C)C)cc3)cc2)C1. The fourth-order valence-corrected chi connectivity index (χ4v) is 4.40. The van der Waals surface area contributed by atoms with Crippen molar-refractivity contribution in [1.29, 1.82) is 0 Å². The van der Waals surface area contributed by atoms with Gasteiger partial charge >= 0.3 is 0 Å². The van der Waals surface area contributed by atoms with E-state index in [1.54, 1.807) is 0 Å². The molecule has 1 fully saturated rings. The van der Waals surface area contributed by atoms with Crippen molar-refractivity contribution in [2.75, 3.05) is 43.0 Å². The second kappa shape index (κ2) is 13.4. The Hall–Kier alpha value is -2.53. The van der Waals surface area contributed by atoms with Crippen LogP contribution in [0, 0.1) is 5.92 Å². The van der Waals surface area contributed by atoms with E-state index in [9.17, 15) is 4.79 Å². The molecule has 34 heavy (non-hydrogen) atoms. The highest BCUT2D eigenvalue weighted by Crippen LogP contribution is 2.25. The lowest BCUT2D eigenvalue weighted by Gasteiger charge is -2.29. The Morgan fingerprint density at radius 2 is 1.68 bits per heavy atom. The van der Waals surface area contributed by atoms with Gasteiger partial charge in [-0.05, 0) is 86.8 Å². The average Bonchev–Trinajstić information content (AvgIpc) is 3.34. The van der Waals surface area contributed by atoms with Gasteiger partial charge < -0.3 is 15.0 Å². The smallest absolute Gasteiger partial charge is 0.255 e. The van der Waals surface area contributed by atoms with E-state index in [1.165, 1.54) is 50.9 Å². The van der Waals surface area contributed by atoms with Crippen molar-refractivity contribution in [1.82, 2.24) is 4.90 Å².